The van der Waals surface area contributed by atoms with Crippen molar-refractivity contribution in [3.05, 3.63) is 12.2 Å². The average Bonchev–Trinajstić information content (AvgIpc) is 2.34. The normalized spacial score (nSPS) is 23.2. The molecule has 5 nitrogen and oxygen atoms in total. The second kappa shape index (κ2) is 7.51. The largest absolute Gasteiger partial charge is 0.394 e. The van der Waals surface area contributed by atoms with Crippen molar-refractivity contribution >= 4 is 5.91 Å². The molecule has 1 saturated heterocycles. The van der Waals surface area contributed by atoms with Crippen LogP contribution >= 0.6 is 0 Å². The van der Waals surface area contributed by atoms with E-state index in [1.165, 1.54) is 6.92 Å². The Morgan fingerprint density at radius 3 is 2.72 bits per heavy atom. The summed E-state index contributed by atoms with van der Waals surface area (Å²) in [7, 11) is 0. The number of aliphatic hydroxyl groups excluding tert-OH is 1. The number of aliphatic hydroxyl groups is 1. The summed E-state index contributed by atoms with van der Waals surface area (Å²) in [5.74, 6) is -0.200. The van der Waals surface area contributed by atoms with Crippen LogP contribution in [0.5, 0.6) is 0 Å². The maximum absolute atomic E-state index is 11.1. The molecular formula is C13H23NO4. The molecule has 0 radical (unpaired) electrons. The first-order chi connectivity index (χ1) is 8.54. The van der Waals surface area contributed by atoms with E-state index in [9.17, 15) is 9.90 Å². The van der Waals surface area contributed by atoms with E-state index in [1.54, 1.807) is 0 Å². The minimum atomic E-state index is -0.481. The van der Waals surface area contributed by atoms with Crippen molar-refractivity contribution < 1.29 is 19.4 Å². The van der Waals surface area contributed by atoms with Crippen LogP contribution in [0.1, 0.15) is 33.1 Å². The van der Waals surface area contributed by atoms with Crippen LogP contribution in [-0.4, -0.2) is 42.7 Å². The van der Waals surface area contributed by atoms with Gasteiger partial charge in [-0.1, -0.05) is 6.58 Å². The van der Waals surface area contributed by atoms with Crippen molar-refractivity contribution in [1.29, 1.82) is 0 Å². The maximum atomic E-state index is 11.1. The van der Waals surface area contributed by atoms with Crippen LogP contribution in [0.2, 0.25) is 0 Å². The first-order valence-corrected chi connectivity index (χ1v) is 6.35. The number of hydrogen-bond acceptors (Lipinski definition) is 4. The van der Waals surface area contributed by atoms with Gasteiger partial charge < -0.3 is 19.9 Å². The summed E-state index contributed by atoms with van der Waals surface area (Å²) < 4.78 is 11.3. The summed E-state index contributed by atoms with van der Waals surface area (Å²) in [6, 6.07) is -0.481. The van der Waals surface area contributed by atoms with Crippen LogP contribution in [0.25, 0.3) is 0 Å². The molecule has 18 heavy (non-hydrogen) atoms. The molecule has 0 aliphatic carbocycles. The van der Waals surface area contributed by atoms with Crippen LogP contribution < -0.4 is 5.32 Å². The number of amides is 1. The van der Waals surface area contributed by atoms with Crippen molar-refractivity contribution in [2.75, 3.05) is 13.2 Å². The van der Waals surface area contributed by atoms with Crippen LogP contribution in [0.4, 0.5) is 0 Å². The van der Waals surface area contributed by atoms with Crippen molar-refractivity contribution in [3.8, 4) is 0 Å². The number of carbonyl (C=O) groups excluding carboxylic acids is 1. The standard InChI is InChI=1S/C13H23NO4/c1-9(2)13(11(8-15)14-10(3)16)18-12-6-4-5-7-17-12/h11-13,15H,1,4-8H2,2-3H3,(H,14,16)/t11-,12?,13-/m0/s1. The molecule has 3 atom stereocenters. The molecule has 0 spiro atoms. The number of carbonyl (C=O) groups is 1. The fraction of sp³-hybridized carbons (Fsp3) is 0.769. The molecule has 1 heterocycles. The van der Waals surface area contributed by atoms with Gasteiger partial charge in [-0.25, -0.2) is 0 Å². The summed E-state index contributed by atoms with van der Waals surface area (Å²) in [4.78, 5) is 11.1. The highest BCUT2D eigenvalue weighted by atomic mass is 16.7. The molecule has 0 aromatic rings. The molecule has 1 unspecified atom stereocenters. The molecule has 1 fully saturated rings. The third-order valence-corrected chi connectivity index (χ3v) is 2.87. The summed E-state index contributed by atoms with van der Waals surface area (Å²) in [6.45, 7) is 7.58. The van der Waals surface area contributed by atoms with E-state index >= 15 is 0 Å². The van der Waals surface area contributed by atoms with Gasteiger partial charge in [-0.3, -0.25) is 4.79 Å². The van der Waals surface area contributed by atoms with E-state index in [1.807, 2.05) is 6.92 Å². The third-order valence-electron chi connectivity index (χ3n) is 2.87. The number of ether oxygens (including phenoxy) is 2. The smallest absolute Gasteiger partial charge is 0.217 e. The Bertz CT molecular complexity index is 287. The van der Waals surface area contributed by atoms with Crippen molar-refractivity contribution in [1.82, 2.24) is 5.32 Å². The molecule has 1 amide bonds. The first kappa shape index (κ1) is 15.1. The highest BCUT2D eigenvalue weighted by molar-refractivity contribution is 5.73. The summed E-state index contributed by atoms with van der Waals surface area (Å²) >= 11 is 0. The van der Waals surface area contributed by atoms with Crippen LogP contribution in [0.15, 0.2) is 12.2 Å². The van der Waals surface area contributed by atoms with E-state index < -0.39 is 12.1 Å². The SMILES string of the molecule is C=C(C)[C@H](OC1CCCCO1)[C@H](CO)NC(C)=O. The molecule has 0 saturated carbocycles. The first-order valence-electron chi connectivity index (χ1n) is 6.35. The Morgan fingerprint density at radius 2 is 2.28 bits per heavy atom. The van der Waals surface area contributed by atoms with E-state index in [-0.39, 0.29) is 18.8 Å². The van der Waals surface area contributed by atoms with Crippen LogP contribution in [-0.2, 0) is 14.3 Å². The topological polar surface area (TPSA) is 67.8 Å². The molecule has 0 aromatic carbocycles. The Labute approximate surface area is 108 Å². The van der Waals surface area contributed by atoms with Crippen molar-refractivity contribution in [2.45, 2.75) is 51.5 Å². The molecule has 1 rings (SSSR count). The predicted octanol–water partition coefficient (Wildman–Crippen LogP) is 0.971. The number of rotatable bonds is 6. The third kappa shape index (κ3) is 4.76. The van der Waals surface area contributed by atoms with Gasteiger partial charge in [-0.15, -0.1) is 0 Å². The van der Waals surface area contributed by atoms with Crippen LogP contribution in [0, 0.1) is 0 Å². The molecule has 1 aliphatic rings. The van der Waals surface area contributed by atoms with Gasteiger partial charge >= 0.3 is 0 Å². The lowest BCUT2D eigenvalue weighted by Crippen LogP contribution is -2.48. The molecule has 104 valence electrons. The molecule has 0 aromatic heterocycles. The Hall–Kier alpha value is -0.910. The molecule has 2 N–H and O–H groups in total. The summed E-state index contributed by atoms with van der Waals surface area (Å²) in [6.07, 6.45) is 2.25. The lowest BCUT2D eigenvalue weighted by atomic mass is 10.1. The summed E-state index contributed by atoms with van der Waals surface area (Å²) in [5.41, 5.74) is 0.761. The van der Waals surface area contributed by atoms with E-state index in [2.05, 4.69) is 11.9 Å². The van der Waals surface area contributed by atoms with Crippen molar-refractivity contribution in [2.24, 2.45) is 0 Å². The average molecular weight is 257 g/mol. The fourth-order valence-electron chi connectivity index (χ4n) is 2.01. The van der Waals surface area contributed by atoms with Gasteiger partial charge in [0.25, 0.3) is 0 Å². The molecule has 1 aliphatic heterocycles. The zero-order chi connectivity index (χ0) is 13.5. The lowest BCUT2D eigenvalue weighted by Gasteiger charge is -2.32. The zero-order valence-corrected chi connectivity index (χ0v) is 11.1. The monoisotopic (exact) mass is 257 g/mol. The molecular weight excluding hydrogens is 234 g/mol. The molecule has 0 bridgehead atoms. The maximum Gasteiger partial charge on any atom is 0.217 e. The Kier molecular flexibility index (Phi) is 6.32. The second-order valence-electron chi connectivity index (χ2n) is 4.69. The quantitative estimate of drug-likeness (QED) is 0.696. The minimum absolute atomic E-state index is 0.191. The van der Waals surface area contributed by atoms with E-state index in [0.29, 0.717) is 6.61 Å². The van der Waals surface area contributed by atoms with E-state index in [0.717, 1.165) is 24.8 Å². The highest BCUT2D eigenvalue weighted by Crippen LogP contribution is 2.19. The molecule has 5 heteroatoms. The zero-order valence-electron chi connectivity index (χ0n) is 11.1. The Morgan fingerprint density at radius 1 is 1.56 bits per heavy atom. The number of hydrogen-bond donors (Lipinski definition) is 2. The minimum Gasteiger partial charge on any atom is -0.394 e. The van der Waals surface area contributed by atoms with Gasteiger partial charge in [-0.2, -0.15) is 0 Å². The number of nitrogens with one attached hydrogen (secondary N) is 1. The Balaban J connectivity index is 2.61. The van der Waals surface area contributed by atoms with E-state index in [4.69, 9.17) is 9.47 Å². The van der Waals surface area contributed by atoms with Gasteiger partial charge in [0.1, 0.15) is 6.10 Å². The van der Waals surface area contributed by atoms with Gasteiger partial charge in [-0.05, 0) is 31.8 Å². The fourth-order valence-corrected chi connectivity index (χ4v) is 2.01. The predicted molar refractivity (Wildman–Crippen MR) is 68.0 cm³/mol. The lowest BCUT2D eigenvalue weighted by molar-refractivity contribution is -0.187. The highest BCUT2D eigenvalue weighted by Gasteiger charge is 2.27. The van der Waals surface area contributed by atoms with Crippen LogP contribution in [0.3, 0.4) is 0 Å². The second-order valence-corrected chi connectivity index (χ2v) is 4.69. The van der Waals surface area contributed by atoms with Gasteiger partial charge in [0.05, 0.1) is 12.6 Å². The van der Waals surface area contributed by atoms with Gasteiger partial charge in [0, 0.05) is 13.5 Å². The van der Waals surface area contributed by atoms with Gasteiger partial charge in [0.15, 0.2) is 6.29 Å². The van der Waals surface area contributed by atoms with Crippen molar-refractivity contribution in [3.63, 3.8) is 0 Å². The van der Waals surface area contributed by atoms with Gasteiger partial charge in [0.2, 0.25) is 5.91 Å². The summed E-state index contributed by atoms with van der Waals surface area (Å²) in [5, 5.41) is 12.0.